The Morgan fingerprint density at radius 1 is 1.30 bits per heavy atom. The lowest BCUT2D eigenvalue weighted by Crippen LogP contribution is -2.19. The van der Waals surface area contributed by atoms with Gasteiger partial charge in [-0.1, -0.05) is 0 Å². The van der Waals surface area contributed by atoms with Crippen LogP contribution >= 0.6 is 0 Å². The third-order valence-corrected chi connectivity index (χ3v) is 3.04. The molecule has 0 saturated carbocycles. The number of fused-ring (bicyclic) bond motifs is 1. The number of rotatable bonds is 3. The first-order valence-corrected chi connectivity index (χ1v) is 6.14. The van der Waals surface area contributed by atoms with Crippen molar-refractivity contribution >= 4 is 5.82 Å². The number of nitrogens with zero attached hydrogens (tertiary/aromatic N) is 4. The summed E-state index contributed by atoms with van der Waals surface area (Å²) in [6.07, 6.45) is 0.725. The van der Waals surface area contributed by atoms with E-state index >= 15 is 0 Å². The zero-order valence-electron chi connectivity index (χ0n) is 11.0. The van der Waals surface area contributed by atoms with Gasteiger partial charge >= 0.3 is 0 Å². The zero-order valence-corrected chi connectivity index (χ0v) is 11.0. The minimum Gasteiger partial charge on any atom is -0.480 e. The number of nitrogens with two attached hydrogens (primary N) is 1. The van der Waals surface area contributed by atoms with Crippen LogP contribution in [0, 0.1) is 0 Å². The van der Waals surface area contributed by atoms with Gasteiger partial charge in [-0.25, -0.2) is 15.8 Å². The van der Waals surface area contributed by atoms with Crippen LogP contribution in [0.2, 0.25) is 0 Å². The first kappa shape index (κ1) is 12.7. The highest BCUT2D eigenvalue weighted by Crippen LogP contribution is 2.24. The highest BCUT2D eigenvalue weighted by atomic mass is 16.5. The summed E-state index contributed by atoms with van der Waals surface area (Å²) >= 11 is 0. The van der Waals surface area contributed by atoms with Crippen LogP contribution in [-0.2, 0) is 17.8 Å². The summed E-state index contributed by atoms with van der Waals surface area (Å²) in [5.74, 6) is 6.99. The molecule has 3 N–H and O–H groups in total. The average Bonchev–Trinajstić information content (AvgIpc) is 2.54. The number of nitrogens with one attached hydrogen (secondary N) is 1. The van der Waals surface area contributed by atoms with E-state index in [2.05, 4.69) is 25.6 Å². The Morgan fingerprint density at radius 2 is 2.20 bits per heavy atom. The van der Waals surface area contributed by atoms with Crippen LogP contribution in [0.5, 0.6) is 5.88 Å². The number of nitrogen functional groups attached to an aromatic ring is 1. The van der Waals surface area contributed by atoms with Crippen molar-refractivity contribution in [2.75, 3.05) is 19.1 Å². The van der Waals surface area contributed by atoms with Crippen LogP contribution in [-0.4, -0.2) is 33.9 Å². The number of methoxy groups -OCH3 is 1. The molecule has 8 heteroatoms. The Balaban J connectivity index is 2.04. The van der Waals surface area contributed by atoms with Gasteiger partial charge in [0.05, 0.1) is 26.0 Å². The molecule has 0 unspecified atom stereocenters. The summed E-state index contributed by atoms with van der Waals surface area (Å²) in [6.45, 7) is 1.10. The van der Waals surface area contributed by atoms with Crippen LogP contribution in [0.15, 0.2) is 12.1 Å². The molecule has 0 aliphatic carbocycles. The second-order valence-electron chi connectivity index (χ2n) is 4.23. The van der Waals surface area contributed by atoms with Crippen molar-refractivity contribution in [1.82, 2.24) is 20.2 Å². The Bertz CT molecular complexity index is 599. The van der Waals surface area contributed by atoms with Crippen LogP contribution in [0.3, 0.4) is 0 Å². The third-order valence-electron chi connectivity index (χ3n) is 3.04. The molecule has 8 nitrogen and oxygen atoms in total. The lowest BCUT2D eigenvalue weighted by atomic mass is 10.1. The van der Waals surface area contributed by atoms with Gasteiger partial charge in [0, 0.05) is 18.1 Å². The molecule has 1 aliphatic rings. The molecule has 0 amide bonds. The Morgan fingerprint density at radius 3 is 2.90 bits per heavy atom. The normalized spacial score (nSPS) is 13.7. The molecule has 3 heterocycles. The van der Waals surface area contributed by atoms with Gasteiger partial charge in [-0.2, -0.15) is 0 Å². The maximum Gasteiger partial charge on any atom is 0.233 e. The topological polar surface area (TPSA) is 108 Å². The first-order valence-electron chi connectivity index (χ1n) is 6.14. The third kappa shape index (κ3) is 2.26. The van der Waals surface area contributed by atoms with Gasteiger partial charge in [0.1, 0.15) is 11.5 Å². The predicted molar refractivity (Wildman–Crippen MR) is 70.8 cm³/mol. The second kappa shape index (κ2) is 5.35. The van der Waals surface area contributed by atoms with E-state index in [1.54, 1.807) is 12.1 Å². The standard InChI is InChI=1S/C12H14N6O2/c1-19-10-3-2-9(17-18-10)12-14-8-4-5-20-6-7(8)11(15-12)16-13/h2-3H,4-6,13H2,1H3,(H,14,15,16). The van der Waals surface area contributed by atoms with E-state index in [-0.39, 0.29) is 0 Å². The maximum atomic E-state index is 5.51. The van der Waals surface area contributed by atoms with Crippen molar-refractivity contribution in [2.24, 2.45) is 5.84 Å². The van der Waals surface area contributed by atoms with Crippen LogP contribution in [0.1, 0.15) is 11.3 Å². The smallest absolute Gasteiger partial charge is 0.233 e. The number of hydrogen-bond donors (Lipinski definition) is 2. The summed E-state index contributed by atoms with van der Waals surface area (Å²) in [7, 11) is 1.54. The quantitative estimate of drug-likeness (QED) is 0.607. The fourth-order valence-corrected chi connectivity index (χ4v) is 2.01. The van der Waals surface area contributed by atoms with Crippen LogP contribution in [0.25, 0.3) is 11.5 Å². The lowest BCUT2D eigenvalue weighted by Gasteiger charge is -2.18. The van der Waals surface area contributed by atoms with E-state index in [4.69, 9.17) is 15.3 Å². The zero-order chi connectivity index (χ0) is 13.9. The number of aromatic nitrogens is 4. The van der Waals surface area contributed by atoms with E-state index in [1.165, 1.54) is 7.11 Å². The monoisotopic (exact) mass is 274 g/mol. The summed E-state index contributed by atoms with van der Waals surface area (Å²) in [4.78, 5) is 8.88. The molecule has 20 heavy (non-hydrogen) atoms. The lowest BCUT2D eigenvalue weighted by molar-refractivity contribution is 0.109. The van der Waals surface area contributed by atoms with E-state index in [0.717, 1.165) is 17.7 Å². The Hall–Kier alpha value is -2.32. The van der Waals surface area contributed by atoms with Gasteiger partial charge in [-0.3, -0.25) is 0 Å². The fourth-order valence-electron chi connectivity index (χ4n) is 2.01. The number of hydrogen-bond acceptors (Lipinski definition) is 8. The van der Waals surface area contributed by atoms with E-state index in [0.29, 0.717) is 36.4 Å². The number of anilines is 1. The molecule has 0 fully saturated rings. The minimum atomic E-state index is 0.442. The minimum absolute atomic E-state index is 0.442. The van der Waals surface area contributed by atoms with Crippen molar-refractivity contribution in [3.63, 3.8) is 0 Å². The second-order valence-corrected chi connectivity index (χ2v) is 4.23. The van der Waals surface area contributed by atoms with Crippen molar-refractivity contribution in [3.05, 3.63) is 23.4 Å². The molecule has 2 aromatic heterocycles. The Kier molecular flexibility index (Phi) is 3.40. The Labute approximate surface area is 115 Å². The van der Waals surface area contributed by atoms with E-state index in [1.807, 2.05) is 0 Å². The molecular weight excluding hydrogens is 260 g/mol. The predicted octanol–water partition coefficient (Wildman–Crippen LogP) is 0.300. The largest absolute Gasteiger partial charge is 0.480 e. The molecule has 0 saturated heterocycles. The van der Waals surface area contributed by atoms with Gasteiger partial charge in [0.15, 0.2) is 5.82 Å². The summed E-state index contributed by atoms with van der Waals surface area (Å²) < 4.78 is 10.4. The average molecular weight is 274 g/mol. The van der Waals surface area contributed by atoms with E-state index < -0.39 is 0 Å². The van der Waals surface area contributed by atoms with Gasteiger partial charge < -0.3 is 14.9 Å². The molecule has 0 radical (unpaired) electrons. The van der Waals surface area contributed by atoms with Crippen molar-refractivity contribution in [3.8, 4) is 17.4 Å². The molecule has 1 aliphatic heterocycles. The molecular formula is C12H14N6O2. The van der Waals surface area contributed by atoms with Crippen molar-refractivity contribution < 1.29 is 9.47 Å². The molecule has 3 rings (SSSR count). The summed E-state index contributed by atoms with van der Waals surface area (Å²) in [5, 5.41) is 7.96. The summed E-state index contributed by atoms with van der Waals surface area (Å²) in [6, 6.07) is 3.47. The molecule has 0 spiro atoms. The molecule has 104 valence electrons. The molecule has 0 aromatic carbocycles. The number of ether oxygens (including phenoxy) is 2. The first-order chi connectivity index (χ1) is 9.81. The van der Waals surface area contributed by atoms with Gasteiger partial charge in [-0.15, -0.1) is 10.2 Å². The van der Waals surface area contributed by atoms with Crippen LogP contribution < -0.4 is 16.0 Å². The van der Waals surface area contributed by atoms with Gasteiger partial charge in [-0.05, 0) is 6.07 Å². The summed E-state index contributed by atoms with van der Waals surface area (Å²) in [5.41, 5.74) is 4.97. The highest BCUT2D eigenvalue weighted by molar-refractivity contribution is 5.56. The molecule has 0 atom stereocenters. The van der Waals surface area contributed by atoms with Crippen LogP contribution in [0.4, 0.5) is 5.82 Å². The fraction of sp³-hybridized carbons (Fsp3) is 0.333. The van der Waals surface area contributed by atoms with Crippen molar-refractivity contribution in [2.45, 2.75) is 13.0 Å². The van der Waals surface area contributed by atoms with Gasteiger partial charge in [0.25, 0.3) is 0 Å². The maximum absolute atomic E-state index is 5.51. The molecule has 0 bridgehead atoms. The van der Waals surface area contributed by atoms with Crippen molar-refractivity contribution in [1.29, 1.82) is 0 Å². The SMILES string of the molecule is COc1ccc(-c2nc3c(c(NN)n2)COCC3)nn1. The highest BCUT2D eigenvalue weighted by Gasteiger charge is 2.19. The van der Waals surface area contributed by atoms with Gasteiger partial charge in [0.2, 0.25) is 5.88 Å². The molecule has 2 aromatic rings. The van der Waals surface area contributed by atoms with E-state index in [9.17, 15) is 0 Å². The number of hydrazine groups is 1.